The Labute approximate surface area is 125 Å². The van der Waals surface area contributed by atoms with Crippen molar-refractivity contribution in [2.75, 3.05) is 13.6 Å². The first-order valence-corrected chi connectivity index (χ1v) is 7.27. The fourth-order valence-corrected chi connectivity index (χ4v) is 2.34. The summed E-state index contributed by atoms with van der Waals surface area (Å²) < 4.78 is 1.80. The smallest absolute Gasteiger partial charge is 0.170 e. The van der Waals surface area contributed by atoms with Crippen molar-refractivity contribution in [2.45, 2.75) is 32.7 Å². The zero-order valence-corrected chi connectivity index (χ0v) is 12.8. The van der Waals surface area contributed by atoms with Gasteiger partial charge in [-0.25, -0.2) is 9.67 Å². The molecule has 112 valence electrons. The summed E-state index contributed by atoms with van der Waals surface area (Å²) in [6.45, 7) is 4.92. The standard InChI is InChI=1S/C16H22N4O/c1-12(2)20-16(18-11-19-20)10-15(21)14-7-5-4-6-13(14)8-9-17-3/h4-7,11-12,17H,8-10H2,1-3H3. The summed E-state index contributed by atoms with van der Waals surface area (Å²) in [5.74, 6) is 0.815. The van der Waals surface area contributed by atoms with Crippen molar-refractivity contribution in [2.24, 2.45) is 0 Å². The first-order valence-electron chi connectivity index (χ1n) is 7.27. The minimum atomic E-state index is 0.0941. The van der Waals surface area contributed by atoms with E-state index in [4.69, 9.17) is 0 Å². The van der Waals surface area contributed by atoms with Crippen LogP contribution in [0.4, 0.5) is 0 Å². The van der Waals surface area contributed by atoms with Crippen molar-refractivity contribution in [1.29, 1.82) is 0 Å². The lowest BCUT2D eigenvalue weighted by Crippen LogP contribution is -2.16. The lowest BCUT2D eigenvalue weighted by Gasteiger charge is -2.11. The van der Waals surface area contributed by atoms with E-state index in [2.05, 4.69) is 15.4 Å². The maximum Gasteiger partial charge on any atom is 0.170 e. The zero-order valence-electron chi connectivity index (χ0n) is 12.8. The first-order chi connectivity index (χ1) is 10.1. The highest BCUT2D eigenvalue weighted by Gasteiger charge is 2.16. The SMILES string of the molecule is CNCCc1ccccc1C(=O)Cc1ncnn1C(C)C. The van der Waals surface area contributed by atoms with Crippen LogP contribution in [-0.4, -0.2) is 34.1 Å². The summed E-state index contributed by atoms with van der Waals surface area (Å²) in [7, 11) is 1.91. The summed E-state index contributed by atoms with van der Waals surface area (Å²) in [5, 5.41) is 7.29. The van der Waals surface area contributed by atoms with Crippen LogP contribution in [0.25, 0.3) is 0 Å². The Morgan fingerprint density at radius 3 is 2.81 bits per heavy atom. The molecular weight excluding hydrogens is 264 g/mol. The highest BCUT2D eigenvalue weighted by molar-refractivity contribution is 5.98. The van der Waals surface area contributed by atoms with E-state index < -0.39 is 0 Å². The van der Waals surface area contributed by atoms with Crippen LogP contribution >= 0.6 is 0 Å². The van der Waals surface area contributed by atoms with Crippen LogP contribution in [0.5, 0.6) is 0 Å². The van der Waals surface area contributed by atoms with Gasteiger partial charge < -0.3 is 5.32 Å². The van der Waals surface area contributed by atoms with Crippen molar-refractivity contribution in [1.82, 2.24) is 20.1 Å². The van der Waals surface area contributed by atoms with Crippen LogP contribution in [0, 0.1) is 0 Å². The quantitative estimate of drug-likeness (QED) is 0.791. The summed E-state index contributed by atoms with van der Waals surface area (Å²) in [6.07, 6.45) is 2.64. The predicted octanol–water partition coefficient (Wildman–Crippen LogP) is 2.05. The van der Waals surface area contributed by atoms with E-state index in [1.165, 1.54) is 6.33 Å². The van der Waals surface area contributed by atoms with Gasteiger partial charge in [-0.2, -0.15) is 5.10 Å². The Morgan fingerprint density at radius 2 is 2.10 bits per heavy atom. The highest BCUT2D eigenvalue weighted by Crippen LogP contribution is 2.14. The Bertz CT molecular complexity index is 604. The summed E-state index contributed by atoms with van der Waals surface area (Å²) >= 11 is 0. The Hall–Kier alpha value is -2.01. The number of nitrogens with one attached hydrogen (secondary N) is 1. The highest BCUT2D eigenvalue weighted by atomic mass is 16.1. The van der Waals surface area contributed by atoms with E-state index in [0.717, 1.165) is 29.9 Å². The van der Waals surface area contributed by atoms with Crippen molar-refractivity contribution in [3.63, 3.8) is 0 Å². The number of hydrogen-bond donors (Lipinski definition) is 1. The van der Waals surface area contributed by atoms with Gasteiger partial charge in [0, 0.05) is 11.6 Å². The monoisotopic (exact) mass is 286 g/mol. The molecule has 5 nitrogen and oxygen atoms in total. The molecule has 2 rings (SSSR count). The molecule has 0 saturated carbocycles. The molecule has 0 unspecified atom stereocenters. The van der Waals surface area contributed by atoms with Gasteiger partial charge in [-0.15, -0.1) is 0 Å². The number of rotatable bonds is 7. The average molecular weight is 286 g/mol. The third-order valence-corrected chi connectivity index (χ3v) is 3.42. The van der Waals surface area contributed by atoms with Gasteiger partial charge in [0.15, 0.2) is 5.78 Å². The molecule has 0 aliphatic carbocycles. The third-order valence-electron chi connectivity index (χ3n) is 3.42. The second-order valence-corrected chi connectivity index (χ2v) is 5.33. The number of aromatic nitrogens is 3. The van der Waals surface area contributed by atoms with Gasteiger partial charge >= 0.3 is 0 Å². The number of nitrogens with zero attached hydrogens (tertiary/aromatic N) is 3. The third kappa shape index (κ3) is 3.76. The zero-order chi connectivity index (χ0) is 15.2. The van der Waals surface area contributed by atoms with E-state index >= 15 is 0 Å². The van der Waals surface area contributed by atoms with Gasteiger partial charge in [-0.05, 0) is 39.4 Å². The number of carbonyl (C=O) groups is 1. The molecule has 1 aromatic carbocycles. The Balaban J connectivity index is 2.18. The second kappa shape index (κ2) is 7.13. The van der Waals surface area contributed by atoms with Crippen molar-refractivity contribution < 1.29 is 4.79 Å². The average Bonchev–Trinajstić information content (AvgIpc) is 2.93. The number of hydrogen-bond acceptors (Lipinski definition) is 4. The number of ketones is 1. The van der Waals surface area contributed by atoms with Crippen molar-refractivity contribution in [3.05, 3.63) is 47.5 Å². The fourth-order valence-electron chi connectivity index (χ4n) is 2.34. The van der Waals surface area contributed by atoms with Gasteiger partial charge in [-0.1, -0.05) is 24.3 Å². The number of benzene rings is 1. The molecule has 2 aromatic rings. The Morgan fingerprint density at radius 1 is 1.33 bits per heavy atom. The molecule has 1 aromatic heterocycles. The predicted molar refractivity (Wildman–Crippen MR) is 82.5 cm³/mol. The lowest BCUT2D eigenvalue weighted by molar-refractivity contribution is 0.0988. The van der Waals surface area contributed by atoms with Gasteiger partial charge in [0.1, 0.15) is 12.2 Å². The topological polar surface area (TPSA) is 59.8 Å². The van der Waals surface area contributed by atoms with Crippen molar-refractivity contribution in [3.8, 4) is 0 Å². The van der Waals surface area contributed by atoms with E-state index in [9.17, 15) is 4.79 Å². The number of likely N-dealkylation sites (N-methyl/N-ethyl adjacent to an activating group) is 1. The molecule has 1 N–H and O–H groups in total. The normalized spacial score (nSPS) is 11.0. The molecule has 0 amide bonds. The summed E-state index contributed by atoms with van der Waals surface area (Å²) in [4.78, 5) is 16.8. The van der Waals surface area contributed by atoms with Gasteiger partial charge in [0.25, 0.3) is 0 Å². The van der Waals surface area contributed by atoms with Gasteiger partial charge in [0.2, 0.25) is 0 Å². The van der Waals surface area contributed by atoms with E-state index in [-0.39, 0.29) is 18.2 Å². The molecule has 0 spiro atoms. The molecule has 21 heavy (non-hydrogen) atoms. The van der Waals surface area contributed by atoms with Crippen LogP contribution in [-0.2, 0) is 12.8 Å². The van der Waals surface area contributed by atoms with Crippen LogP contribution in [0.15, 0.2) is 30.6 Å². The fraction of sp³-hybridized carbons (Fsp3) is 0.438. The van der Waals surface area contributed by atoms with E-state index in [1.54, 1.807) is 4.68 Å². The summed E-state index contributed by atoms with van der Waals surface area (Å²) in [6, 6.07) is 7.98. The maximum absolute atomic E-state index is 12.6. The van der Waals surface area contributed by atoms with Crippen molar-refractivity contribution >= 4 is 5.78 Å². The molecule has 5 heteroatoms. The molecule has 0 bridgehead atoms. The molecule has 0 saturated heterocycles. The molecule has 0 aliphatic rings. The lowest BCUT2D eigenvalue weighted by atomic mass is 9.99. The van der Waals surface area contributed by atoms with Crippen LogP contribution in [0.1, 0.15) is 41.6 Å². The molecule has 0 fully saturated rings. The Kier molecular flexibility index (Phi) is 5.22. The molecule has 1 heterocycles. The second-order valence-electron chi connectivity index (χ2n) is 5.33. The number of Topliss-reactive ketones (excluding diaryl/α,β-unsaturated/α-hetero) is 1. The number of carbonyl (C=O) groups excluding carboxylic acids is 1. The minimum Gasteiger partial charge on any atom is -0.319 e. The van der Waals surface area contributed by atoms with E-state index in [0.29, 0.717) is 0 Å². The molecule has 0 aliphatic heterocycles. The van der Waals surface area contributed by atoms with Crippen LogP contribution in [0.3, 0.4) is 0 Å². The van der Waals surface area contributed by atoms with Gasteiger partial charge in [0.05, 0.1) is 6.42 Å². The molecule has 0 radical (unpaired) electrons. The maximum atomic E-state index is 12.6. The van der Waals surface area contributed by atoms with Crippen LogP contribution < -0.4 is 5.32 Å². The van der Waals surface area contributed by atoms with Crippen LogP contribution in [0.2, 0.25) is 0 Å². The largest absolute Gasteiger partial charge is 0.319 e. The minimum absolute atomic E-state index is 0.0941. The summed E-state index contributed by atoms with van der Waals surface area (Å²) in [5.41, 5.74) is 1.86. The van der Waals surface area contributed by atoms with Gasteiger partial charge in [-0.3, -0.25) is 4.79 Å². The van der Waals surface area contributed by atoms with E-state index in [1.807, 2.05) is 45.2 Å². The molecular formula is C16H22N4O. The first kappa shape index (κ1) is 15.4. The molecule has 0 atom stereocenters.